The van der Waals surface area contributed by atoms with Crippen molar-refractivity contribution in [2.45, 2.75) is 19.8 Å². The van der Waals surface area contributed by atoms with Gasteiger partial charge in [0.25, 0.3) is 5.91 Å². The number of anilines is 1. The van der Waals surface area contributed by atoms with Gasteiger partial charge in [-0.05, 0) is 37.0 Å². The summed E-state index contributed by atoms with van der Waals surface area (Å²) in [4.78, 5) is 22.5. The number of nitrogens with zero attached hydrogens (tertiary/aromatic N) is 3. The van der Waals surface area contributed by atoms with E-state index in [1.807, 2.05) is 24.0 Å². The first-order valence-electron chi connectivity index (χ1n) is 6.54. The van der Waals surface area contributed by atoms with Crippen LogP contribution in [0.2, 0.25) is 0 Å². The number of halogens is 1. The molecule has 102 valence electrons. The minimum absolute atomic E-state index is 0.0831. The summed E-state index contributed by atoms with van der Waals surface area (Å²) in [6.45, 7) is 2.76. The first-order chi connectivity index (χ1) is 9.68. The molecule has 1 aliphatic rings. The third-order valence-electron chi connectivity index (χ3n) is 3.53. The summed E-state index contributed by atoms with van der Waals surface area (Å²) in [5.41, 5.74) is 3.72. The zero-order valence-corrected chi connectivity index (χ0v) is 12.7. The van der Waals surface area contributed by atoms with Crippen molar-refractivity contribution < 1.29 is 4.79 Å². The van der Waals surface area contributed by atoms with Crippen LogP contribution < -0.4 is 4.90 Å². The fourth-order valence-electron chi connectivity index (χ4n) is 2.62. The fourth-order valence-corrected chi connectivity index (χ4v) is 3.14. The van der Waals surface area contributed by atoms with Gasteiger partial charge in [0.15, 0.2) is 0 Å². The molecular formula is C15H14BrN3O. The predicted octanol–water partition coefficient (Wildman–Crippen LogP) is 3.14. The Kier molecular flexibility index (Phi) is 3.53. The maximum atomic E-state index is 12.6. The molecule has 0 saturated carbocycles. The molecule has 0 spiro atoms. The molecule has 2 heterocycles. The van der Waals surface area contributed by atoms with E-state index in [1.54, 1.807) is 12.4 Å². The van der Waals surface area contributed by atoms with Gasteiger partial charge in [-0.3, -0.25) is 9.78 Å². The van der Waals surface area contributed by atoms with Crippen LogP contribution in [0.15, 0.2) is 35.2 Å². The quantitative estimate of drug-likeness (QED) is 0.806. The van der Waals surface area contributed by atoms with Crippen LogP contribution in [0.5, 0.6) is 0 Å². The third-order valence-corrected chi connectivity index (χ3v) is 4.28. The molecule has 20 heavy (non-hydrogen) atoms. The van der Waals surface area contributed by atoms with Crippen molar-refractivity contribution in [1.82, 2.24) is 9.97 Å². The maximum absolute atomic E-state index is 12.6. The van der Waals surface area contributed by atoms with Crippen molar-refractivity contribution in [1.29, 1.82) is 0 Å². The molecule has 0 N–H and O–H groups in total. The molecule has 2 aromatic rings. The Labute approximate surface area is 126 Å². The van der Waals surface area contributed by atoms with Gasteiger partial charge in [0.05, 0.1) is 11.9 Å². The molecular weight excluding hydrogens is 318 g/mol. The van der Waals surface area contributed by atoms with Crippen molar-refractivity contribution >= 4 is 27.5 Å². The molecule has 1 aliphatic heterocycles. The second-order valence-corrected chi connectivity index (χ2v) is 5.70. The van der Waals surface area contributed by atoms with E-state index in [2.05, 4.69) is 25.9 Å². The van der Waals surface area contributed by atoms with Gasteiger partial charge in [0.1, 0.15) is 5.69 Å². The van der Waals surface area contributed by atoms with Crippen molar-refractivity contribution in [2.75, 3.05) is 11.4 Å². The average molecular weight is 332 g/mol. The zero-order chi connectivity index (χ0) is 14.1. The molecule has 3 rings (SSSR count). The van der Waals surface area contributed by atoms with Crippen molar-refractivity contribution in [2.24, 2.45) is 0 Å². The Balaban J connectivity index is 2.07. The summed E-state index contributed by atoms with van der Waals surface area (Å²) in [5, 5.41) is 0. The monoisotopic (exact) mass is 331 g/mol. The van der Waals surface area contributed by atoms with E-state index in [1.165, 1.54) is 11.8 Å². The van der Waals surface area contributed by atoms with E-state index < -0.39 is 0 Å². The second-order valence-electron chi connectivity index (χ2n) is 4.84. The lowest BCUT2D eigenvalue weighted by Crippen LogP contribution is -2.36. The molecule has 0 bridgehead atoms. The van der Waals surface area contributed by atoms with E-state index in [4.69, 9.17) is 0 Å². The summed E-state index contributed by atoms with van der Waals surface area (Å²) in [5.74, 6) is -0.0831. The summed E-state index contributed by atoms with van der Waals surface area (Å²) < 4.78 is 1.06. The number of carbonyl (C=O) groups is 1. The van der Waals surface area contributed by atoms with Crippen LogP contribution in [0.4, 0.5) is 5.69 Å². The third kappa shape index (κ3) is 2.22. The lowest BCUT2D eigenvalue weighted by atomic mass is 9.98. The molecule has 0 radical (unpaired) electrons. The van der Waals surface area contributed by atoms with Crippen LogP contribution >= 0.6 is 15.9 Å². The van der Waals surface area contributed by atoms with Gasteiger partial charge in [-0.25, -0.2) is 4.98 Å². The number of rotatable bonds is 1. The van der Waals surface area contributed by atoms with Crippen LogP contribution in [-0.2, 0) is 6.42 Å². The number of aromatic nitrogens is 2. The molecule has 4 nitrogen and oxygen atoms in total. The molecule has 5 heteroatoms. The predicted molar refractivity (Wildman–Crippen MR) is 80.9 cm³/mol. The summed E-state index contributed by atoms with van der Waals surface area (Å²) in [7, 11) is 0. The molecule has 0 saturated heterocycles. The zero-order valence-electron chi connectivity index (χ0n) is 11.1. The van der Waals surface area contributed by atoms with Crippen LogP contribution in [-0.4, -0.2) is 22.4 Å². The van der Waals surface area contributed by atoms with Crippen molar-refractivity contribution in [3.05, 3.63) is 52.0 Å². The van der Waals surface area contributed by atoms with E-state index in [9.17, 15) is 4.79 Å². The van der Waals surface area contributed by atoms with Crippen LogP contribution in [0, 0.1) is 6.92 Å². The summed E-state index contributed by atoms with van der Waals surface area (Å²) in [6.07, 6.45) is 6.58. The Hall–Kier alpha value is -1.75. The highest BCUT2D eigenvalue weighted by molar-refractivity contribution is 9.10. The molecule has 1 aromatic carbocycles. The molecule has 1 aromatic heterocycles. The largest absolute Gasteiger partial charge is 0.306 e. The topological polar surface area (TPSA) is 46.1 Å². The van der Waals surface area contributed by atoms with E-state index in [0.29, 0.717) is 5.69 Å². The second kappa shape index (κ2) is 5.32. The first kappa shape index (κ1) is 13.2. The number of hydrogen-bond acceptors (Lipinski definition) is 3. The normalized spacial score (nSPS) is 14.0. The molecule has 1 amide bonds. The first-order valence-corrected chi connectivity index (χ1v) is 7.33. The van der Waals surface area contributed by atoms with Crippen LogP contribution in [0.1, 0.15) is 28.0 Å². The number of fused-ring (bicyclic) bond motifs is 1. The molecule has 0 fully saturated rings. The summed E-state index contributed by atoms with van der Waals surface area (Å²) in [6, 6.07) is 4.08. The van der Waals surface area contributed by atoms with Gasteiger partial charge in [-0.1, -0.05) is 22.0 Å². The number of amides is 1. The Bertz CT molecular complexity index is 658. The standard InChI is InChI=1S/C15H14BrN3O/c1-10-4-5-12(16)11-3-2-8-19(14(10)11)15(20)13-9-17-6-7-18-13/h4-7,9H,2-3,8H2,1H3. The molecule has 0 aliphatic carbocycles. The van der Waals surface area contributed by atoms with Gasteiger partial charge >= 0.3 is 0 Å². The Morgan fingerprint density at radius 2 is 2.20 bits per heavy atom. The SMILES string of the molecule is Cc1ccc(Br)c2c1N(C(=O)c1cnccn1)CCC2. The highest BCUT2D eigenvalue weighted by Gasteiger charge is 2.27. The lowest BCUT2D eigenvalue weighted by molar-refractivity contribution is 0.0979. The number of benzene rings is 1. The van der Waals surface area contributed by atoms with Gasteiger partial charge < -0.3 is 4.90 Å². The average Bonchev–Trinajstić information content (AvgIpc) is 2.51. The Morgan fingerprint density at radius 3 is 2.95 bits per heavy atom. The number of carbonyl (C=O) groups excluding carboxylic acids is 1. The highest BCUT2D eigenvalue weighted by Crippen LogP contribution is 2.36. The Morgan fingerprint density at radius 1 is 1.35 bits per heavy atom. The van der Waals surface area contributed by atoms with E-state index in [0.717, 1.165) is 35.1 Å². The van der Waals surface area contributed by atoms with Gasteiger partial charge in [0.2, 0.25) is 0 Å². The molecule has 0 unspecified atom stereocenters. The minimum Gasteiger partial charge on any atom is -0.306 e. The lowest BCUT2D eigenvalue weighted by Gasteiger charge is -2.31. The summed E-state index contributed by atoms with van der Waals surface area (Å²) >= 11 is 3.58. The highest BCUT2D eigenvalue weighted by atomic mass is 79.9. The van der Waals surface area contributed by atoms with Crippen molar-refractivity contribution in [3.8, 4) is 0 Å². The number of hydrogen-bond donors (Lipinski definition) is 0. The molecule has 0 atom stereocenters. The van der Waals surface area contributed by atoms with Gasteiger partial charge in [0, 0.05) is 23.4 Å². The fraction of sp³-hybridized carbons (Fsp3) is 0.267. The van der Waals surface area contributed by atoms with E-state index >= 15 is 0 Å². The minimum atomic E-state index is -0.0831. The smallest absolute Gasteiger partial charge is 0.278 e. The van der Waals surface area contributed by atoms with Gasteiger partial charge in [-0.15, -0.1) is 0 Å². The van der Waals surface area contributed by atoms with Crippen molar-refractivity contribution in [3.63, 3.8) is 0 Å². The van der Waals surface area contributed by atoms with Gasteiger partial charge in [-0.2, -0.15) is 0 Å². The van der Waals surface area contributed by atoms with Crippen LogP contribution in [0.3, 0.4) is 0 Å². The van der Waals surface area contributed by atoms with E-state index in [-0.39, 0.29) is 5.91 Å². The number of aryl methyl sites for hydroxylation is 1. The maximum Gasteiger partial charge on any atom is 0.278 e. The van der Waals surface area contributed by atoms with Crippen LogP contribution in [0.25, 0.3) is 0 Å².